The third kappa shape index (κ3) is 4.49. The fourth-order valence-electron chi connectivity index (χ4n) is 2.74. The molecule has 7 nitrogen and oxygen atoms in total. The van der Waals surface area contributed by atoms with Crippen LogP contribution in [0.5, 0.6) is 5.75 Å². The van der Waals surface area contributed by atoms with Gasteiger partial charge in [0.2, 0.25) is 0 Å². The molecule has 1 amide bonds. The van der Waals surface area contributed by atoms with Gasteiger partial charge < -0.3 is 9.64 Å². The molecule has 0 N–H and O–H groups in total. The first-order valence-corrected chi connectivity index (χ1v) is 8.88. The molecule has 2 aromatic heterocycles. The van der Waals surface area contributed by atoms with E-state index in [-0.39, 0.29) is 12.6 Å². The van der Waals surface area contributed by atoms with Gasteiger partial charge in [0, 0.05) is 31.5 Å². The van der Waals surface area contributed by atoms with Crippen LogP contribution in [0.15, 0.2) is 36.7 Å². The molecule has 0 atom stereocenters. The number of hydrogen-bond acceptors (Lipinski definition) is 4. The lowest BCUT2D eigenvalue weighted by Crippen LogP contribution is -2.27. The number of aryl methyl sites for hydroxylation is 3. The number of amides is 1. The highest BCUT2D eigenvalue weighted by Crippen LogP contribution is 2.26. The topological polar surface area (TPSA) is 65.2 Å². The monoisotopic (exact) mass is 387 g/mol. The molecule has 0 aliphatic carbocycles. The van der Waals surface area contributed by atoms with Crippen LogP contribution in [-0.4, -0.2) is 37.4 Å². The molecule has 2 heterocycles. The molecule has 3 aromatic rings. The molecule has 0 saturated heterocycles. The van der Waals surface area contributed by atoms with Gasteiger partial charge in [0.25, 0.3) is 5.91 Å². The van der Waals surface area contributed by atoms with E-state index in [2.05, 4.69) is 10.2 Å². The first-order valence-electron chi connectivity index (χ1n) is 8.50. The van der Waals surface area contributed by atoms with Gasteiger partial charge in [-0.25, -0.2) is 4.68 Å². The Morgan fingerprint density at radius 1 is 1.19 bits per heavy atom. The van der Waals surface area contributed by atoms with Crippen molar-refractivity contribution in [3.05, 3.63) is 64.2 Å². The zero-order chi connectivity index (χ0) is 19.6. The van der Waals surface area contributed by atoms with Gasteiger partial charge in [-0.1, -0.05) is 11.6 Å². The molecular weight excluding hydrogens is 366 g/mol. The number of hydrogen-bond donors (Lipinski definition) is 0. The number of halogens is 1. The minimum Gasteiger partial charge on any atom is -0.471 e. The summed E-state index contributed by atoms with van der Waals surface area (Å²) in [6, 6.07) is 7.32. The van der Waals surface area contributed by atoms with Crippen LogP contribution in [0.25, 0.3) is 0 Å². The highest BCUT2D eigenvalue weighted by atomic mass is 35.5. The Morgan fingerprint density at radius 2 is 1.89 bits per heavy atom. The minimum atomic E-state index is -0.169. The average molecular weight is 388 g/mol. The van der Waals surface area contributed by atoms with Crippen LogP contribution < -0.4 is 4.74 Å². The lowest BCUT2D eigenvalue weighted by atomic mass is 10.1. The average Bonchev–Trinajstić information content (AvgIpc) is 3.26. The van der Waals surface area contributed by atoms with E-state index in [0.717, 1.165) is 21.8 Å². The van der Waals surface area contributed by atoms with Gasteiger partial charge in [0.15, 0.2) is 12.4 Å². The summed E-state index contributed by atoms with van der Waals surface area (Å²) in [5.74, 6) is 0.544. The first kappa shape index (κ1) is 19.0. The number of carbonyl (C=O) groups excluding carboxylic acids is 1. The predicted octanol–water partition coefficient (Wildman–Crippen LogP) is 3.20. The van der Waals surface area contributed by atoms with E-state index in [1.807, 2.05) is 45.3 Å². The smallest absolute Gasteiger partial charge is 0.274 e. The summed E-state index contributed by atoms with van der Waals surface area (Å²) in [4.78, 5) is 14.1. The van der Waals surface area contributed by atoms with Crippen molar-refractivity contribution in [2.45, 2.75) is 27.1 Å². The SMILES string of the molecule is Cc1cc(OCn2ccc(C(=O)N(C)Cc3ccn(C)n3)n2)cc(C)c1Cl. The summed E-state index contributed by atoms with van der Waals surface area (Å²) in [6.07, 6.45) is 3.57. The summed E-state index contributed by atoms with van der Waals surface area (Å²) >= 11 is 6.17. The Bertz CT molecular complexity index is 940. The molecular formula is C19H22ClN5O2. The van der Waals surface area contributed by atoms with E-state index in [9.17, 15) is 4.79 Å². The Labute approximate surface area is 163 Å². The van der Waals surface area contributed by atoms with Crippen LogP contribution in [0.4, 0.5) is 0 Å². The second-order valence-corrected chi connectivity index (χ2v) is 6.90. The van der Waals surface area contributed by atoms with Gasteiger partial charge in [-0.3, -0.25) is 9.48 Å². The van der Waals surface area contributed by atoms with Crippen LogP contribution in [0.1, 0.15) is 27.3 Å². The normalized spacial score (nSPS) is 10.9. The summed E-state index contributed by atoms with van der Waals surface area (Å²) in [7, 11) is 3.57. The molecule has 0 spiro atoms. The molecule has 0 unspecified atom stereocenters. The van der Waals surface area contributed by atoms with E-state index < -0.39 is 0 Å². The standard InChI is InChI=1S/C19H22ClN5O2/c1-13-9-16(10-14(2)18(13)20)27-12-25-8-6-17(22-25)19(26)23(3)11-15-5-7-24(4)21-15/h5-10H,11-12H2,1-4H3. The quantitative estimate of drug-likeness (QED) is 0.651. The fourth-order valence-corrected chi connectivity index (χ4v) is 2.84. The Morgan fingerprint density at radius 3 is 2.52 bits per heavy atom. The highest BCUT2D eigenvalue weighted by Gasteiger charge is 2.16. The second-order valence-electron chi connectivity index (χ2n) is 6.53. The number of nitrogens with zero attached hydrogens (tertiary/aromatic N) is 5. The van der Waals surface area contributed by atoms with Crippen LogP contribution in [0.3, 0.4) is 0 Å². The Hall–Kier alpha value is -2.80. The molecule has 1 aromatic carbocycles. The summed E-state index contributed by atoms with van der Waals surface area (Å²) in [5.41, 5.74) is 3.10. The van der Waals surface area contributed by atoms with Crippen molar-refractivity contribution in [3.63, 3.8) is 0 Å². The van der Waals surface area contributed by atoms with Gasteiger partial charge in [0.1, 0.15) is 5.75 Å². The maximum absolute atomic E-state index is 12.5. The molecule has 27 heavy (non-hydrogen) atoms. The molecule has 0 aliphatic rings. The van der Waals surface area contributed by atoms with Crippen molar-refractivity contribution in [2.24, 2.45) is 7.05 Å². The number of rotatable bonds is 6. The van der Waals surface area contributed by atoms with Gasteiger partial charge in [0.05, 0.1) is 12.2 Å². The zero-order valence-corrected chi connectivity index (χ0v) is 16.6. The molecule has 8 heteroatoms. The number of ether oxygens (including phenoxy) is 1. The van der Waals surface area contributed by atoms with Crippen LogP contribution in [-0.2, 0) is 20.3 Å². The van der Waals surface area contributed by atoms with Crippen molar-refractivity contribution in [3.8, 4) is 5.75 Å². The maximum atomic E-state index is 12.5. The molecule has 0 bridgehead atoms. The molecule has 0 fully saturated rings. The van der Waals surface area contributed by atoms with Crippen molar-refractivity contribution in [1.29, 1.82) is 0 Å². The van der Waals surface area contributed by atoms with E-state index in [1.165, 1.54) is 0 Å². The summed E-state index contributed by atoms with van der Waals surface area (Å²) in [5, 5.41) is 9.33. The van der Waals surface area contributed by atoms with Crippen molar-refractivity contribution in [2.75, 3.05) is 7.05 Å². The fraction of sp³-hybridized carbons (Fsp3) is 0.316. The van der Waals surface area contributed by atoms with Gasteiger partial charge in [-0.2, -0.15) is 10.2 Å². The molecule has 0 aliphatic heterocycles. The minimum absolute atomic E-state index is 0.169. The van der Waals surface area contributed by atoms with Gasteiger partial charge in [-0.05, 0) is 49.2 Å². The number of aromatic nitrogens is 4. The van der Waals surface area contributed by atoms with E-state index >= 15 is 0 Å². The third-order valence-electron chi connectivity index (χ3n) is 4.15. The second kappa shape index (κ2) is 7.84. The molecule has 3 rings (SSSR count). The molecule has 142 valence electrons. The van der Waals surface area contributed by atoms with Crippen LogP contribution in [0, 0.1) is 13.8 Å². The van der Waals surface area contributed by atoms with E-state index in [0.29, 0.717) is 18.0 Å². The largest absolute Gasteiger partial charge is 0.471 e. The Balaban J connectivity index is 1.61. The van der Waals surface area contributed by atoms with Crippen molar-refractivity contribution < 1.29 is 9.53 Å². The van der Waals surface area contributed by atoms with E-state index in [4.69, 9.17) is 16.3 Å². The Kier molecular flexibility index (Phi) is 5.51. The van der Waals surface area contributed by atoms with Gasteiger partial charge in [-0.15, -0.1) is 0 Å². The summed E-state index contributed by atoms with van der Waals surface area (Å²) < 4.78 is 9.06. The van der Waals surface area contributed by atoms with Crippen LogP contribution >= 0.6 is 11.6 Å². The van der Waals surface area contributed by atoms with Crippen molar-refractivity contribution in [1.82, 2.24) is 24.5 Å². The number of carbonyl (C=O) groups is 1. The molecule has 0 saturated carbocycles. The predicted molar refractivity (Wildman–Crippen MR) is 103 cm³/mol. The summed E-state index contributed by atoms with van der Waals surface area (Å²) in [6.45, 7) is 4.50. The first-order chi connectivity index (χ1) is 12.8. The zero-order valence-electron chi connectivity index (χ0n) is 15.8. The van der Waals surface area contributed by atoms with Crippen LogP contribution in [0.2, 0.25) is 5.02 Å². The lowest BCUT2D eigenvalue weighted by molar-refractivity contribution is 0.0775. The molecule has 0 radical (unpaired) electrons. The maximum Gasteiger partial charge on any atom is 0.274 e. The third-order valence-corrected chi connectivity index (χ3v) is 4.74. The van der Waals surface area contributed by atoms with Crippen molar-refractivity contribution >= 4 is 17.5 Å². The lowest BCUT2D eigenvalue weighted by Gasteiger charge is -2.14. The number of benzene rings is 1. The van der Waals surface area contributed by atoms with E-state index in [1.54, 1.807) is 33.6 Å². The van der Waals surface area contributed by atoms with Gasteiger partial charge >= 0.3 is 0 Å². The highest BCUT2D eigenvalue weighted by molar-refractivity contribution is 6.32.